The van der Waals surface area contributed by atoms with Crippen LogP contribution in [0.2, 0.25) is 0 Å². The topological polar surface area (TPSA) is 89.2 Å². The zero-order valence-electron chi connectivity index (χ0n) is 20.4. The summed E-state index contributed by atoms with van der Waals surface area (Å²) in [4.78, 5) is 6.91. The molecule has 4 rings (SSSR count). The van der Waals surface area contributed by atoms with E-state index in [-0.39, 0.29) is 24.1 Å². The van der Waals surface area contributed by atoms with E-state index in [0.29, 0.717) is 50.1 Å². The number of fused-ring (bicyclic) bond motifs is 1. The van der Waals surface area contributed by atoms with E-state index in [1.165, 1.54) is 0 Å². The number of piperidine rings is 1. The third kappa shape index (κ3) is 6.55. The van der Waals surface area contributed by atoms with Crippen molar-refractivity contribution in [1.82, 2.24) is 9.88 Å². The molecule has 0 saturated carbocycles. The van der Waals surface area contributed by atoms with Gasteiger partial charge in [0.25, 0.3) is 6.01 Å². The Labute approximate surface area is 205 Å². The molecule has 0 aliphatic carbocycles. The first-order valence-corrected chi connectivity index (χ1v) is 12.3. The fraction of sp³-hybridized carbons (Fsp3) is 0.500. The Bertz CT molecular complexity index is 1070. The molecule has 0 spiro atoms. The second-order valence-corrected chi connectivity index (χ2v) is 8.54. The van der Waals surface area contributed by atoms with Gasteiger partial charge < -0.3 is 29.1 Å². The maximum absolute atomic E-state index is 14.5. The van der Waals surface area contributed by atoms with Gasteiger partial charge in [0.2, 0.25) is 5.82 Å². The van der Waals surface area contributed by atoms with E-state index < -0.39 is 5.82 Å². The van der Waals surface area contributed by atoms with Crippen LogP contribution >= 0.6 is 0 Å². The normalized spacial score (nSPS) is 14.9. The molecule has 2 heterocycles. The van der Waals surface area contributed by atoms with E-state index in [0.717, 1.165) is 37.0 Å². The predicted molar refractivity (Wildman–Crippen MR) is 132 cm³/mol. The lowest BCUT2D eigenvalue weighted by Crippen LogP contribution is -2.38. The van der Waals surface area contributed by atoms with E-state index in [2.05, 4.69) is 15.2 Å². The summed E-state index contributed by atoms with van der Waals surface area (Å²) in [7, 11) is 0. The number of halogens is 1. The molecule has 1 saturated heterocycles. The third-order valence-electron chi connectivity index (χ3n) is 5.92. The average Bonchev–Trinajstić information content (AvgIpc) is 3.25. The van der Waals surface area contributed by atoms with Crippen molar-refractivity contribution < 1.29 is 28.1 Å². The number of rotatable bonds is 12. The molecule has 2 N–H and O–H groups in total. The Kier molecular flexibility index (Phi) is 8.65. The Balaban J connectivity index is 1.32. The molecule has 8 nitrogen and oxygen atoms in total. The van der Waals surface area contributed by atoms with Crippen LogP contribution in [0.5, 0.6) is 17.2 Å². The molecule has 0 radical (unpaired) electrons. The molecule has 35 heavy (non-hydrogen) atoms. The summed E-state index contributed by atoms with van der Waals surface area (Å²) in [5.41, 5.74) is 2.41. The number of aromatic nitrogens is 1. The quantitative estimate of drug-likeness (QED) is 0.358. The van der Waals surface area contributed by atoms with E-state index in [1.54, 1.807) is 12.1 Å². The van der Waals surface area contributed by atoms with Crippen molar-refractivity contribution in [3.8, 4) is 17.2 Å². The molecular weight excluding hydrogens is 453 g/mol. The van der Waals surface area contributed by atoms with Gasteiger partial charge in [-0.2, -0.15) is 9.37 Å². The standard InChI is InChI=1S/C26H34FN3O5/c1-3-32-23-14-18(15-24(25(23)27)33-4-2)17-30-10-8-19(9-11-30)28-26-29-21-16-20(34-13-5-12-31)6-7-22(21)35-26/h6-7,14-16,19,31H,3-5,8-13,17H2,1-2H3,(H,28,29). The molecule has 1 fully saturated rings. The zero-order chi connectivity index (χ0) is 24.6. The van der Waals surface area contributed by atoms with Crippen LogP contribution in [0.4, 0.5) is 10.4 Å². The molecule has 190 valence electrons. The number of hydrogen-bond acceptors (Lipinski definition) is 8. The highest BCUT2D eigenvalue weighted by Crippen LogP contribution is 2.31. The van der Waals surface area contributed by atoms with Gasteiger partial charge in [0.15, 0.2) is 17.1 Å². The highest BCUT2D eigenvalue weighted by molar-refractivity contribution is 5.76. The summed E-state index contributed by atoms with van der Waals surface area (Å²) in [5.74, 6) is 0.744. The predicted octanol–water partition coefficient (Wildman–Crippen LogP) is 4.60. The maximum atomic E-state index is 14.5. The van der Waals surface area contributed by atoms with Crippen LogP contribution in [-0.2, 0) is 6.54 Å². The van der Waals surface area contributed by atoms with Crippen molar-refractivity contribution in [3.05, 3.63) is 41.7 Å². The maximum Gasteiger partial charge on any atom is 0.295 e. The zero-order valence-corrected chi connectivity index (χ0v) is 20.4. The minimum Gasteiger partial charge on any atom is -0.493 e. The van der Waals surface area contributed by atoms with Gasteiger partial charge in [-0.05, 0) is 56.5 Å². The lowest BCUT2D eigenvalue weighted by molar-refractivity contribution is 0.209. The number of anilines is 1. The summed E-state index contributed by atoms with van der Waals surface area (Å²) in [5, 5.41) is 12.3. The lowest BCUT2D eigenvalue weighted by atomic mass is 10.0. The number of nitrogens with zero attached hydrogens (tertiary/aromatic N) is 2. The van der Waals surface area contributed by atoms with Crippen LogP contribution in [0.1, 0.15) is 38.7 Å². The van der Waals surface area contributed by atoms with Crippen molar-refractivity contribution in [3.63, 3.8) is 0 Å². The first-order valence-electron chi connectivity index (χ1n) is 12.3. The van der Waals surface area contributed by atoms with E-state index in [1.807, 2.05) is 32.0 Å². The van der Waals surface area contributed by atoms with Crippen LogP contribution in [0.25, 0.3) is 11.1 Å². The monoisotopic (exact) mass is 487 g/mol. The molecule has 9 heteroatoms. The number of aliphatic hydroxyl groups is 1. The molecule has 3 aromatic rings. The van der Waals surface area contributed by atoms with Crippen molar-refractivity contribution in [1.29, 1.82) is 0 Å². The smallest absolute Gasteiger partial charge is 0.295 e. The summed E-state index contributed by atoms with van der Waals surface area (Å²) in [6.45, 7) is 7.54. The van der Waals surface area contributed by atoms with E-state index in [4.69, 9.17) is 23.7 Å². The average molecular weight is 488 g/mol. The molecule has 1 aromatic heterocycles. The van der Waals surface area contributed by atoms with Crippen molar-refractivity contribution in [2.24, 2.45) is 0 Å². The van der Waals surface area contributed by atoms with Crippen LogP contribution < -0.4 is 19.5 Å². The van der Waals surface area contributed by atoms with Crippen LogP contribution in [-0.4, -0.2) is 60.5 Å². The van der Waals surface area contributed by atoms with Crippen LogP contribution in [0, 0.1) is 5.82 Å². The van der Waals surface area contributed by atoms with Crippen molar-refractivity contribution in [2.75, 3.05) is 44.8 Å². The Morgan fingerprint density at radius 1 is 1.09 bits per heavy atom. The number of benzene rings is 2. The fourth-order valence-corrected chi connectivity index (χ4v) is 4.22. The molecule has 0 bridgehead atoms. The van der Waals surface area contributed by atoms with Crippen molar-refractivity contribution in [2.45, 2.75) is 45.7 Å². The molecule has 1 aliphatic heterocycles. The third-order valence-corrected chi connectivity index (χ3v) is 5.92. The number of nitrogens with one attached hydrogen (secondary N) is 1. The number of hydrogen-bond donors (Lipinski definition) is 2. The van der Waals surface area contributed by atoms with Gasteiger partial charge in [0, 0.05) is 44.8 Å². The van der Waals surface area contributed by atoms with E-state index >= 15 is 0 Å². The molecule has 0 unspecified atom stereocenters. The van der Waals surface area contributed by atoms with E-state index in [9.17, 15) is 4.39 Å². The lowest BCUT2D eigenvalue weighted by Gasteiger charge is -2.32. The molecule has 0 amide bonds. The Hall–Kier alpha value is -3.04. The number of likely N-dealkylation sites (tertiary alicyclic amines) is 1. The Morgan fingerprint density at radius 2 is 1.80 bits per heavy atom. The molecular formula is C26H34FN3O5. The summed E-state index contributed by atoms with van der Waals surface area (Å²) in [6.07, 6.45) is 2.46. The summed E-state index contributed by atoms with van der Waals surface area (Å²) >= 11 is 0. The van der Waals surface area contributed by atoms with Crippen LogP contribution in [0.3, 0.4) is 0 Å². The highest BCUT2D eigenvalue weighted by atomic mass is 19.1. The second-order valence-electron chi connectivity index (χ2n) is 8.54. The SMILES string of the molecule is CCOc1cc(CN2CCC(Nc3nc4cc(OCCCO)ccc4o3)CC2)cc(OCC)c1F. The van der Waals surface area contributed by atoms with Gasteiger partial charge in [-0.25, -0.2) is 0 Å². The number of ether oxygens (including phenoxy) is 3. The first-order chi connectivity index (χ1) is 17.1. The minimum atomic E-state index is -0.442. The summed E-state index contributed by atoms with van der Waals surface area (Å²) in [6, 6.07) is 9.84. The summed E-state index contributed by atoms with van der Waals surface area (Å²) < 4.78 is 37.0. The van der Waals surface area contributed by atoms with Gasteiger partial charge >= 0.3 is 0 Å². The largest absolute Gasteiger partial charge is 0.493 e. The molecule has 0 atom stereocenters. The van der Waals surface area contributed by atoms with Gasteiger partial charge in [-0.15, -0.1) is 0 Å². The Morgan fingerprint density at radius 3 is 2.46 bits per heavy atom. The number of aliphatic hydroxyl groups excluding tert-OH is 1. The highest BCUT2D eigenvalue weighted by Gasteiger charge is 2.22. The minimum absolute atomic E-state index is 0.103. The van der Waals surface area contributed by atoms with Gasteiger partial charge in [0.1, 0.15) is 11.3 Å². The first kappa shape index (κ1) is 25.1. The van der Waals surface area contributed by atoms with Gasteiger partial charge in [-0.3, -0.25) is 4.90 Å². The molecule has 2 aromatic carbocycles. The fourth-order valence-electron chi connectivity index (χ4n) is 4.22. The number of oxazole rings is 1. The van der Waals surface area contributed by atoms with Crippen molar-refractivity contribution >= 4 is 17.1 Å². The second kappa shape index (κ2) is 12.1. The van der Waals surface area contributed by atoms with Crippen LogP contribution in [0.15, 0.2) is 34.7 Å². The molecule has 1 aliphatic rings. The van der Waals surface area contributed by atoms with Gasteiger partial charge in [0.05, 0.1) is 19.8 Å². The van der Waals surface area contributed by atoms with Gasteiger partial charge in [-0.1, -0.05) is 0 Å².